The van der Waals surface area contributed by atoms with Crippen LogP contribution in [-0.2, 0) is 4.79 Å². The van der Waals surface area contributed by atoms with Crippen molar-refractivity contribution in [2.75, 3.05) is 19.3 Å². The summed E-state index contributed by atoms with van der Waals surface area (Å²) in [5, 5.41) is 0.864. The van der Waals surface area contributed by atoms with E-state index in [0.717, 1.165) is 30.8 Å². The van der Waals surface area contributed by atoms with Crippen LogP contribution in [0.5, 0.6) is 0 Å². The number of ketones is 1. The number of carbonyl (C=O) groups excluding carboxylic acids is 1. The maximum atomic E-state index is 11.4. The van der Waals surface area contributed by atoms with Crippen LogP contribution in [0.25, 0.3) is 0 Å². The first-order valence-electron chi connectivity index (χ1n) is 6.00. The smallest absolute Gasteiger partial charge is 0.138 e. The molecule has 86 valence electrons. The number of hydrogen-bond donors (Lipinski definition) is 0. The molecule has 15 heavy (non-hydrogen) atoms. The number of carbonyl (C=O) groups is 1. The molecule has 1 heterocycles. The zero-order valence-electron chi connectivity index (χ0n) is 9.74. The number of likely N-dealkylation sites (tertiary alicyclic amines) is 1. The van der Waals surface area contributed by atoms with Crippen molar-refractivity contribution in [2.24, 2.45) is 5.92 Å². The van der Waals surface area contributed by atoms with Gasteiger partial charge in [0, 0.05) is 36.7 Å². The minimum Gasteiger partial charge on any atom is -0.299 e. The Morgan fingerprint density at radius 1 is 1.40 bits per heavy atom. The van der Waals surface area contributed by atoms with Gasteiger partial charge in [-0.15, -0.1) is 0 Å². The molecule has 2 nitrogen and oxygen atoms in total. The van der Waals surface area contributed by atoms with E-state index in [1.807, 2.05) is 11.8 Å². The van der Waals surface area contributed by atoms with Gasteiger partial charge >= 0.3 is 0 Å². The first kappa shape index (κ1) is 11.5. The summed E-state index contributed by atoms with van der Waals surface area (Å²) < 4.78 is 0. The van der Waals surface area contributed by atoms with Crippen molar-refractivity contribution >= 4 is 17.5 Å². The molecule has 0 amide bonds. The summed E-state index contributed by atoms with van der Waals surface area (Å²) in [5.41, 5.74) is 0. The quantitative estimate of drug-likeness (QED) is 0.721. The topological polar surface area (TPSA) is 20.3 Å². The van der Waals surface area contributed by atoms with E-state index in [1.165, 1.54) is 19.3 Å². The Morgan fingerprint density at radius 2 is 2.20 bits per heavy atom. The maximum absolute atomic E-state index is 11.4. The van der Waals surface area contributed by atoms with Crippen molar-refractivity contribution in [3.8, 4) is 0 Å². The molecule has 0 aromatic carbocycles. The number of piperidine rings is 1. The van der Waals surface area contributed by atoms with Crippen LogP contribution in [0.2, 0.25) is 0 Å². The fourth-order valence-corrected chi connectivity index (χ4v) is 3.63. The predicted octanol–water partition coefficient (Wildman–Crippen LogP) is 2.18. The van der Waals surface area contributed by atoms with E-state index in [-0.39, 0.29) is 5.92 Å². The zero-order chi connectivity index (χ0) is 10.8. The first-order chi connectivity index (χ1) is 7.20. The molecule has 3 unspecified atom stereocenters. The van der Waals surface area contributed by atoms with Gasteiger partial charge in [-0.1, -0.05) is 6.92 Å². The molecule has 0 radical (unpaired) electrons. The summed E-state index contributed by atoms with van der Waals surface area (Å²) in [6, 6.07) is 0.762. The third kappa shape index (κ3) is 2.56. The number of thioether (sulfide) groups is 1. The van der Waals surface area contributed by atoms with E-state index >= 15 is 0 Å². The van der Waals surface area contributed by atoms with Gasteiger partial charge in [-0.05, 0) is 25.5 Å². The summed E-state index contributed by atoms with van der Waals surface area (Å²) in [6.45, 7) is 4.09. The van der Waals surface area contributed by atoms with Gasteiger partial charge in [0.2, 0.25) is 0 Å². The minimum absolute atomic E-state index is 0.270. The highest BCUT2D eigenvalue weighted by atomic mass is 32.2. The van der Waals surface area contributed by atoms with Crippen molar-refractivity contribution in [3.63, 3.8) is 0 Å². The van der Waals surface area contributed by atoms with Crippen LogP contribution in [0.3, 0.4) is 0 Å². The Bertz CT molecular complexity index is 244. The van der Waals surface area contributed by atoms with Crippen molar-refractivity contribution in [3.05, 3.63) is 0 Å². The molecule has 1 aliphatic carbocycles. The lowest BCUT2D eigenvalue weighted by Crippen LogP contribution is -2.44. The van der Waals surface area contributed by atoms with Crippen LogP contribution in [0.4, 0.5) is 0 Å². The fourth-order valence-electron chi connectivity index (χ4n) is 2.84. The maximum Gasteiger partial charge on any atom is 0.138 e. The highest BCUT2D eigenvalue weighted by Gasteiger charge is 2.32. The summed E-state index contributed by atoms with van der Waals surface area (Å²) in [4.78, 5) is 14.0. The molecule has 0 N–H and O–H groups in total. The third-order valence-corrected chi connectivity index (χ3v) is 5.00. The number of hydrogen-bond acceptors (Lipinski definition) is 3. The van der Waals surface area contributed by atoms with Gasteiger partial charge in [-0.3, -0.25) is 9.69 Å². The SMILES string of the molecule is CSC1CCC(N2CCC(=O)C(C)C2)C1. The molecule has 0 aromatic heterocycles. The Labute approximate surface area is 96.8 Å². The molecule has 2 aliphatic rings. The Balaban J connectivity index is 1.87. The van der Waals surface area contributed by atoms with Crippen LogP contribution >= 0.6 is 11.8 Å². The van der Waals surface area contributed by atoms with E-state index in [4.69, 9.17) is 0 Å². The minimum atomic E-state index is 0.270. The molecule has 0 aromatic rings. The average molecular weight is 227 g/mol. The Morgan fingerprint density at radius 3 is 2.80 bits per heavy atom. The molecule has 1 saturated carbocycles. The molecular formula is C12H21NOS. The third-order valence-electron chi connectivity index (χ3n) is 3.91. The molecule has 1 saturated heterocycles. The number of Topliss-reactive ketones (excluding diaryl/α,β-unsaturated/α-hetero) is 1. The molecule has 2 rings (SSSR count). The van der Waals surface area contributed by atoms with Crippen molar-refractivity contribution in [2.45, 2.75) is 43.9 Å². The summed E-state index contributed by atoms with van der Waals surface area (Å²) in [5.74, 6) is 0.734. The molecule has 0 spiro atoms. The van der Waals surface area contributed by atoms with Crippen LogP contribution in [-0.4, -0.2) is 41.3 Å². The van der Waals surface area contributed by atoms with Gasteiger partial charge in [-0.25, -0.2) is 0 Å². The van der Waals surface area contributed by atoms with E-state index < -0.39 is 0 Å². The van der Waals surface area contributed by atoms with Gasteiger partial charge in [0.1, 0.15) is 5.78 Å². The lowest BCUT2D eigenvalue weighted by Gasteiger charge is -2.34. The molecule has 1 aliphatic heterocycles. The standard InChI is InChI=1S/C12H21NOS/c1-9-8-13(6-5-12(9)14)10-3-4-11(7-10)15-2/h9-11H,3-8H2,1-2H3. The molecule has 0 bridgehead atoms. The van der Waals surface area contributed by atoms with Gasteiger partial charge in [0.25, 0.3) is 0 Å². The van der Waals surface area contributed by atoms with E-state index in [2.05, 4.69) is 18.1 Å². The Kier molecular flexibility index (Phi) is 3.73. The van der Waals surface area contributed by atoms with Crippen molar-refractivity contribution in [1.82, 2.24) is 4.90 Å². The molecule has 3 heteroatoms. The Hall–Kier alpha value is -0.0200. The van der Waals surface area contributed by atoms with Crippen LogP contribution < -0.4 is 0 Å². The molecule has 3 atom stereocenters. The summed E-state index contributed by atoms with van der Waals surface area (Å²) >= 11 is 2.01. The molecular weight excluding hydrogens is 206 g/mol. The van der Waals surface area contributed by atoms with E-state index in [0.29, 0.717) is 5.78 Å². The van der Waals surface area contributed by atoms with Gasteiger partial charge in [-0.2, -0.15) is 11.8 Å². The van der Waals surface area contributed by atoms with Gasteiger partial charge < -0.3 is 0 Å². The second-order valence-electron chi connectivity index (χ2n) is 4.94. The van der Waals surface area contributed by atoms with Gasteiger partial charge in [0.15, 0.2) is 0 Å². The monoisotopic (exact) mass is 227 g/mol. The number of nitrogens with zero attached hydrogens (tertiary/aromatic N) is 1. The second-order valence-corrected chi connectivity index (χ2v) is 6.07. The molecule has 2 fully saturated rings. The fraction of sp³-hybridized carbons (Fsp3) is 0.917. The van der Waals surface area contributed by atoms with Crippen LogP contribution in [0.15, 0.2) is 0 Å². The van der Waals surface area contributed by atoms with Crippen molar-refractivity contribution < 1.29 is 4.79 Å². The van der Waals surface area contributed by atoms with E-state index in [1.54, 1.807) is 0 Å². The summed E-state index contributed by atoms with van der Waals surface area (Å²) in [6.07, 6.45) is 7.04. The van der Waals surface area contributed by atoms with Crippen LogP contribution in [0.1, 0.15) is 32.6 Å². The normalized spacial score (nSPS) is 38.5. The highest BCUT2D eigenvalue weighted by Crippen LogP contribution is 2.32. The lowest BCUT2D eigenvalue weighted by atomic mass is 9.97. The number of rotatable bonds is 2. The van der Waals surface area contributed by atoms with Gasteiger partial charge in [0.05, 0.1) is 0 Å². The lowest BCUT2D eigenvalue weighted by molar-refractivity contribution is -0.126. The second kappa shape index (κ2) is 4.88. The van der Waals surface area contributed by atoms with Crippen molar-refractivity contribution in [1.29, 1.82) is 0 Å². The van der Waals surface area contributed by atoms with E-state index in [9.17, 15) is 4.79 Å². The first-order valence-corrected chi connectivity index (χ1v) is 7.29. The van der Waals surface area contributed by atoms with Crippen LogP contribution in [0, 0.1) is 5.92 Å². The zero-order valence-corrected chi connectivity index (χ0v) is 10.6. The summed E-state index contributed by atoms with van der Waals surface area (Å²) in [7, 11) is 0. The average Bonchev–Trinajstić information content (AvgIpc) is 2.70. The largest absolute Gasteiger partial charge is 0.299 e. The predicted molar refractivity (Wildman–Crippen MR) is 65.3 cm³/mol. The highest BCUT2D eigenvalue weighted by molar-refractivity contribution is 7.99.